The second-order valence-corrected chi connectivity index (χ2v) is 21.4. The van der Waals surface area contributed by atoms with Crippen LogP contribution in [0.15, 0.2) is 110 Å². The molecule has 7 rings (SSSR count). The van der Waals surface area contributed by atoms with E-state index in [0.29, 0.717) is 39.6 Å². The minimum Gasteiger partial charge on any atom is -0.497 e. The molecule has 0 bridgehead atoms. The normalized spacial score (nSPS) is 15.7. The number of benzene rings is 4. The molecule has 18 nitrogen and oxygen atoms in total. The van der Waals surface area contributed by atoms with Crippen molar-refractivity contribution >= 4 is 64.3 Å². The minimum atomic E-state index is -0.395. The second kappa shape index (κ2) is 44.8. The van der Waals surface area contributed by atoms with E-state index in [-0.39, 0.29) is 41.3 Å². The summed E-state index contributed by atoms with van der Waals surface area (Å²) >= 11 is 1.61. The number of hydrogen-bond acceptors (Lipinski definition) is 18. The highest BCUT2D eigenvalue weighted by atomic mass is 32.1. The van der Waals surface area contributed by atoms with Crippen molar-refractivity contribution in [3.8, 4) is 33.6 Å². The van der Waals surface area contributed by atoms with Crippen LogP contribution in [0.4, 0.5) is 5.69 Å². The molecule has 0 unspecified atom stereocenters. The SMILES string of the molecule is C=CC(=O)OCCCCCCOc1ccc(OC)cc1.C=CC(=O)OCCCCCCOc1ccc(OC)cc1.COCCc1ccc(CCOC)c2sc(-c3ccc([N+](=O)[O-])cc3)nc12.O=CC1CCC(C=O)CC1.O=CC1CCC(C=O)CC1. The van der Waals surface area contributed by atoms with Crippen LogP contribution in [0.1, 0.15) is 114 Å². The third-order valence-electron chi connectivity index (χ3n) is 14.1. The molecule has 0 aliphatic heterocycles. The predicted octanol–water partition coefficient (Wildman–Crippen LogP) is 13.4. The molecule has 1 aromatic heterocycles. The van der Waals surface area contributed by atoms with Gasteiger partial charge in [0.15, 0.2) is 0 Å². The van der Waals surface area contributed by atoms with Crippen LogP contribution in [0.2, 0.25) is 0 Å². The Kier molecular flexibility index (Phi) is 37.9. The zero-order valence-electron chi connectivity index (χ0n) is 50.6. The van der Waals surface area contributed by atoms with E-state index < -0.39 is 4.92 Å². The number of aldehydes is 4. The number of methoxy groups -OCH3 is 4. The number of nitro benzene ring substituents is 1. The summed E-state index contributed by atoms with van der Waals surface area (Å²) in [6, 6.07) is 25.9. The average molecular weight is 1210 g/mol. The molecule has 19 heteroatoms. The number of unbranched alkanes of at least 4 members (excludes halogenated alkanes) is 6. The third kappa shape index (κ3) is 29.5. The summed E-state index contributed by atoms with van der Waals surface area (Å²) in [5.74, 6) is 3.58. The summed E-state index contributed by atoms with van der Waals surface area (Å²) in [5.41, 5.74) is 4.29. The fraction of sp³-hybridized carbons (Fsp3) is 0.478. The van der Waals surface area contributed by atoms with Crippen LogP contribution in [0.25, 0.3) is 20.8 Å². The van der Waals surface area contributed by atoms with Crippen molar-refractivity contribution in [1.29, 1.82) is 0 Å². The van der Waals surface area contributed by atoms with Gasteiger partial charge in [-0.2, -0.15) is 0 Å². The summed E-state index contributed by atoms with van der Waals surface area (Å²) < 4.78 is 42.7. The highest BCUT2D eigenvalue weighted by Crippen LogP contribution is 2.36. The Morgan fingerprint density at radius 1 is 0.512 bits per heavy atom. The molecule has 86 heavy (non-hydrogen) atoms. The maximum absolute atomic E-state index is 10.8. The number of hydrogen-bond donors (Lipinski definition) is 0. The van der Waals surface area contributed by atoms with Crippen molar-refractivity contribution in [3.63, 3.8) is 0 Å². The number of non-ortho nitro benzene ring substituents is 1. The molecule has 0 atom stereocenters. The fourth-order valence-electron chi connectivity index (χ4n) is 8.92. The van der Waals surface area contributed by atoms with Gasteiger partial charge in [-0.3, -0.25) is 10.1 Å². The van der Waals surface area contributed by atoms with Crippen LogP contribution in [0.5, 0.6) is 23.0 Å². The molecule has 0 radical (unpaired) electrons. The van der Waals surface area contributed by atoms with Crippen molar-refractivity contribution in [2.24, 2.45) is 23.7 Å². The smallest absolute Gasteiger partial charge is 0.330 e. The molecular formula is C67H88N2O16S. The topological polar surface area (TPSA) is 232 Å². The first kappa shape index (κ1) is 72.6. The van der Waals surface area contributed by atoms with Crippen LogP contribution in [0, 0.1) is 33.8 Å². The summed E-state index contributed by atoms with van der Waals surface area (Å²) in [7, 11) is 6.66. The molecule has 1 heterocycles. The molecule has 0 amide bonds. The lowest BCUT2D eigenvalue weighted by Gasteiger charge is -2.20. The summed E-state index contributed by atoms with van der Waals surface area (Å²) in [6.45, 7) is 10.3. The van der Waals surface area contributed by atoms with Gasteiger partial charge in [-0.25, -0.2) is 14.6 Å². The number of thiazole rings is 1. The molecule has 0 saturated heterocycles. The molecule has 468 valence electrons. The number of nitro groups is 1. The van der Waals surface area contributed by atoms with E-state index in [1.807, 2.05) is 48.5 Å². The number of ether oxygens (including phenoxy) is 8. The Balaban J connectivity index is 0.000000294. The van der Waals surface area contributed by atoms with Crippen molar-refractivity contribution in [3.05, 3.63) is 131 Å². The van der Waals surface area contributed by atoms with Crippen LogP contribution in [-0.2, 0) is 60.6 Å². The van der Waals surface area contributed by atoms with E-state index in [4.69, 9.17) is 42.9 Å². The van der Waals surface area contributed by atoms with Crippen LogP contribution in [0.3, 0.4) is 0 Å². The van der Waals surface area contributed by atoms with E-state index in [1.54, 1.807) is 51.9 Å². The monoisotopic (exact) mass is 1210 g/mol. The zero-order chi connectivity index (χ0) is 62.6. The molecule has 2 fully saturated rings. The molecule has 0 N–H and O–H groups in total. The molecule has 5 aromatic rings. The van der Waals surface area contributed by atoms with Gasteiger partial charge < -0.3 is 57.1 Å². The van der Waals surface area contributed by atoms with Gasteiger partial charge >= 0.3 is 11.9 Å². The highest BCUT2D eigenvalue weighted by Gasteiger charge is 2.21. The van der Waals surface area contributed by atoms with Gasteiger partial charge in [-0.05, 0) is 187 Å². The highest BCUT2D eigenvalue weighted by molar-refractivity contribution is 7.21. The first-order valence-electron chi connectivity index (χ1n) is 29.5. The summed E-state index contributed by atoms with van der Waals surface area (Å²) in [5, 5.41) is 11.7. The van der Waals surface area contributed by atoms with Crippen LogP contribution in [-0.4, -0.2) is 115 Å². The lowest BCUT2D eigenvalue weighted by Crippen LogP contribution is -2.15. The largest absolute Gasteiger partial charge is 0.497 e. The second-order valence-electron chi connectivity index (χ2n) is 20.4. The van der Waals surface area contributed by atoms with E-state index in [9.17, 15) is 38.9 Å². The Morgan fingerprint density at radius 2 is 0.872 bits per heavy atom. The van der Waals surface area contributed by atoms with Crippen LogP contribution >= 0.6 is 11.3 Å². The molecule has 4 aromatic carbocycles. The van der Waals surface area contributed by atoms with E-state index in [0.717, 1.165) is 190 Å². The number of nitrogens with zero attached hydrogens (tertiary/aromatic N) is 2. The fourth-order valence-corrected chi connectivity index (χ4v) is 10.1. The van der Waals surface area contributed by atoms with Gasteiger partial charge in [0.2, 0.25) is 0 Å². The number of esters is 2. The lowest BCUT2D eigenvalue weighted by atomic mass is 9.84. The minimum absolute atomic E-state index is 0.0800. The van der Waals surface area contributed by atoms with Gasteiger partial charge in [-0.15, -0.1) is 11.3 Å². The van der Waals surface area contributed by atoms with Gasteiger partial charge in [0.25, 0.3) is 5.69 Å². The quantitative estimate of drug-likeness (QED) is 0.00972. The number of carbonyl (C=O) groups is 6. The zero-order valence-corrected chi connectivity index (χ0v) is 51.4. The van der Waals surface area contributed by atoms with Crippen molar-refractivity contribution in [2.75, 3.05) is 68.1 Å². The molecule has 2 aliphatic rings. The average Bonchev–Trinajstić information content (AvgIpc) is 3.88. The van der Waals surface area contributed by atoms with E-state index in [2.05, 4.69) is 25.3 Å². The number of aromatic nitrogens is 1. The van der Waals surface area contributed by atoms with Gasteiger partial charge in [0.1, 0.15) is 53.2 Å². The van der Waals surface area contributed by atoms with Crippen LogP contribution < -0.4 is 18.9 Å². The molecule has 2 aliphatic carbocycles. The van der Waals surface area contributed by atoms with E-state index in [1.165, 1.54) is 29.8 Å². The van der Waals surface area contributed by atoms with Crippen molar-refractivity contribution in [1.82, 2.24) is 4.98 Å². The maximum atomic E-state index is 10.8. The standard InChI is InChI=1S/C19H20N2O4S.2C16H22O4.2C8H12O2/c1-24-11-9-13-3-4-14(10-12-25-2)18-17(13)20-19(26-18)15-5-7-16(8-6-15)21(22)23;2*1-3-16(17)20-13-7-5-4-6-12-19-15-10-8-14(18-2)9-11-15;2*9-5-7-1-2-8(6-10)4-3-7/h3-8H,9-12H2,1-2H3;2*3,8-11H,1,4-7,12-13H2,2H3;2*5-8H,1-4H2. The van der Waals surface area contributed by atoms with Gasteiger partial charge in [0.05, 0.1) is 69.0 Å². The number of rotatable bonds is 32. The van der Waals surface area contributed by atoms with Crippen molar-refractivity contribution in [2.45, 2.75) is 116 Å². The predicted molar refractivity (Wildman–Crippen MR) is 334 cm³/mol. The maximum Gasteiger partial charge on any atom is 0.330 e. The number of carbonyl (C=O) groups excluding carboxylic acids is 6. The summed E-state index contributed by atoms with van der Waals surface area (Å²) in [6.07, 6.45) is 23.2. The number of fused-ring (bicyclic) bond motifs is 1. The molecule has 0 spiro atoms. The molecule has 2 saturated carbocycles. The first-order chi connectivity index (χ1) is 41.9. The Hall–Kier alpha value is -7.61. The third-order valence-corrected chi connectivity index (χ3v) is 15.3. The Morgan fingerprint density at radius 3 is 1.22 bits per heavy atom. The lowest BCUT2D eigenvalue weighted by molar-refractivity contribution is -0.384. The van der Waals surface area contributed by atoms with E-state index >= 15 is 0 Å². The van der Waals surface area contributed by atoms with Gasteiger partial charge in [-0.1, -0.05) is 25.3 Å². The van der Waals surface area contributed by atoms with Gasteiger partial charge in [0, 0.05) is 67.7 Å². The Labute approximate surface area is 511 Å². The first-order valence-corrected chi connectivity index (χ1v) is 30.3. The molecular weight excluding hydrogens is 1120 g/mol. The van der Waals surface area contributed by atoms with Crippen molar-refractivity contribution < 1.29 is 71.6 Å². The Bertz CT molecular complexity index is 2540. The summed E-state index contributed by atoms with van der Waals surface area (Å²) in [4.78, 5) is 77.9.